The largest absolute Gasteiger partial charge is 0.342 e. The molecule has 0 radical (unpaired) electrons. The van der Waals surface area contributed by atoms with Gasteiger partial charge in [0.25, 0.3) is 0 Å². The molecule has 1 atom stereocenters. The zero-order valence-electron chi connectivity index (χ0n) is 6.99. The molecule has 0 aliphatic rings. The zero-order valence-corrected chi connectivity index (χ0v) is 9.52. The fourth-order valence-electron chi connectivity index (χ4n) is 0.825. The molecule has 78 valence electrons. The van der Waals surface area contributed by atoms with Gasteiger partial charge < -0.3 is 4.89 Å². The fourth-order valence-corrected chi connectivity index (χ4v) is 4.02. The topological polar surface area (TPSA) is 92.4 Å². The minimum atomic E-state index is -3.80. The third-order valence-corrected chi connectivity index (χ3v) is 4.88. The number of hydrogen-bond acceptors (Lipinski definition) is 3. The number of benzene rings is 1. The lowest BCUT2D eigenvalue weighted by Gasteiger charge is -2.11. The van der Waals surface area contributed by atoms with Crippen LogP contribution in [0.25, 0.3) is 0 Å². The van der Waals surface area contributed by atoms with E-state index in [0.717, 1.165) is 0 Å². The first-order valence-electron chi connectivity index (χ1n) is 3.52. The van der Waals surface area contributed by atoms with Crippen molar-refractivity contribution in [1.29, 1.82) is 0 Å². The van der Waals surface area contributed by atoms with Crippen molar-refractivity contribution in [3.63, 3.8) is 0 Å². The van der Waals surface area contributed by atoms with Gasteiger partial charge in [0.05, 0.1) is 4.90 Å². The van der Waals surface area contributed by atoms with E-state index < -0.39 is 16.6 Å². The summed E-state index contributed by atoms with van der Waals surface area (Å²) < 4.78 is 24.8. The summed E-state index contributed by atoms with van der Waals surface area (Å²) in [7, 11) is -3.80. The van der Waals surface area contributed by atoms with Gasteiger partial charge in [-0.05, 0) is 23.9 Å². The first kappa shape index (κ1) is 11.8. The normalized spacial score (nSPS) is 16.1. The van der Waals surface area contributed by atoms with Crippen molar-refractivity contribution in [3.8, 4) is 0 Å². The van der Waals surface area contributed by atoms with Crippen LogP contribution in [0.5, 0.6) is 0 Å². The van der Waals surface area contributed by atoms with Gasteiger partial charge in [0.15, 0.2) is 0 Å². The highest BCUT2D eigenvalue weighted by Gasteiger charge is 2.19. The lowest BCUT2D eigenvalue weighted by Crippen LogP contribution is -2.23. The van der Waals surface area contributed by atoms with Crippen molar-refractivity contribution in [2.24, 2.45) is 5.50 Å². The van der Waals surface area contributed by atoms with E-state index in [0.29, 0.717) is 0 Å². The molecule has 0 spiro atoms. The Morgan fingerprint density at radius 1 is 1.36 bits per heavy atom. The summed E-state index contributed by atoms with van der Waals surface area (Å²) in [4.78, 5) is 9.05. The molecule has 0 aromatic heterocycles. The van der Waals surface area contributed by atoms with Crippen molar-refractivity contribution in [3.05, 3.63) is 30.3 Å². The van der Waals surface area contributed by atoms with E-state index in [4.69, 9.17) is 10.4 Å². The monoisotopic (exact) mass is 252 g/mol. The van der Waals surface area contributed by atoms with E-state index in [9.17, 15) is 8.42 Å². The molecule has 4 N–H and O–H groups in total. The minimum absolute atomic E-state index is 0.0220. The van der Waals surface area contributed by atoms with E-state index in [1.807, 2.05) is 4.49 Å². The van der Waals surface area contributed by atoms with Crippen LogP contribution >= 0.6 is 6.57 Å². The van der Waals surface area contributed by atoms with Crippen molar-refractivity contribution in [2.45, 2.75) is 4.90 Å². The van der Waals surface area contributed by atoms with Gasteiger partial charge in [-0.1, -0.05) is 18.2 Å². The minimum Gasteiger partial charge on any atom is -0.342 e. The SMILES string of the molecule is NP(O)(=S)NS(=O)(=O)c1ccccc1. The third-order valence-electron chi connectivity index (χ3n) is 1.30. The molecule has 0 aliphatic carbocycles. The molecule has 0 aliphatic heterocycles. The molecule has 5 nitrogen and oxygen atoms in total. The Morgan fingerprint density at radius 2 is 1.86 bits per heavy atom. The summed E-state index contributed by atoms with van der Waals surface area (Å²) in [5.41, 5.74) is 5.05. The van der Waals surface area contributed by atoms with Gasteiger partial charge in [-0.25, -0.2) is 8.42 Å². The van der Waals surface area contributed by atoms with Crippen LogP contribution in [0.2, 0.25) is 0 Å². The second-order valence-corrected chi connectivity index (χ2v) is 7.66. The lowest BCUT2D eigenvalue weighted by atomic mass is 10.4. The summed E-state index contributed by atoms with van der Waals surface area (Å²) in [5, 5.41) is 0. The molecule has 0 bridgehead atoms. The molecular formula is C6H9N2O3PS2. The van der Waals surface area contributed by atoms with E-state index in [-0.39, 0.29) is 4.90 Å². The Morgan fingerprint density at radius 3 is 2.29 bits per heavy atom. The quantitative estimate of drug-likeness (QED) is 0.665. The van der Waals surface area contributed by atoms with Gasteiger partial charge in [0.1, 0.15) is 0 Å². The average molecular weight is 252 g/mol. The van der Waals surface area contributed by atoms with Gasteiger partial charge in [-0.3, -0.25) is 5.50 Å². The maximum Gasteiger partial charge on any atom is 0.247 e. The second kappa shape index (κ2) is 4.06. The van der Waals surface area contributed by atoms with Crippen LogP contribution in [-0.2, 0) is 21.8 Å². The molecule has 0 amide bonds. The van der Waals surface area contributed by atoms with Crippen molar-refractivity contribution >= 4 is 28.4 Å². The lowest BCUT2D eigenvalue weighted by molar-refractivity contribution is 0.583. The summed E-state index contributed by atoms with van der Waals surface area (Å²) in [5.74, 6) is 0. The first-order valence-corrected chi connectivity index (χ1v) is 7.82. The Bertz CT molecular complexity index is 453. The fraction of sp³-hybridized carbons (Fsp3) is 0. The second-order valence-electron chi connectivity index (χ2n) is 2.53. The van der Waals surface area contributed by atoms with Crippen molar-refractivity contribution in [1.82, 2.24) is 4.49 Å². The summed E-state index contributed by atoms with van der Waals surface area (Å²) in [6.07, 6.45) is 0. The molecule has 1 unspecified atom stereocenters. The van der Waals surface area contributed by atoms with Gasteiger partial charge in [-0.15, -0.1) is 4.49 Å². The predicted molar refractivity (Wildman–Crippen MR) is 57.5 cm³/mol. The summed E-state index contributed by atoms with van der Waals surface area (Å²) >= 11 is 4.39. The maximum absolute atomic E-state index is 11.5. The summed E-state index contributed by atoms with van der Waals surface area (Å²) in [6, 6.07) is 7.56. The van der Waals surface area contributed by atoms with E-state index in [2.05, 4.69) is 11.8 Å². The van der Waals surface area contributed by atoms with E-state index >= 15 is 0 Å². The van der Waals surface area contributed by atoms with Crippen LogP contribution in [0.15, 0.2) is 35.2 Å². The molecule has 0 saturated carbocycles. The molecule has 8 heteroatoms. The predicted octanol–water partition coefficient (Wildman–Crippen LogP) is 0.140. The molecule has 1 aromatic carbocycles. The first-order chi connectivity index (χ1) is 6.31. The summed E-state index contributed by atoms with van der Waals surface area (Å²) in [6.45, 7) is -3.46. The van der Waals surface area contributed by atoms with Gasteiger partial charge >= 0.3 is 0 Å². The number of nitrogens with two attached hydrogens (primary N) is 1. The smallest absolute Gasteiger partial charge is 0.247 e. The highest BCUT2D eigenvalue weighted by molar-refractivity contribution is 8.14. The Labute approximate surface area is 87.2 Å². The van der Waals surface area contributed by atoms with Gasteiger partial charge in [0, 0.05) is 0 Å². The highest BCUT2D eigenvalue weighted by Crippen LogP contribution is 2.27. The zero-order chi connectivity index (χ0) is 10.8. The van der Waals surface area contributed by atoms with E-state index in [1.165, 1.54) is 12.1 Å². The Balaban J connectivity index is 3.05. The number of nitrogens with one attached hydrogen (secondary N) is 1. The number of rotatable bonds is 3. The molecular weight excluding hydrogens is 243 g/mol. The highest BCUT2D eigenvalue weighted by atomic mass is 32.5. The molecule has 0 heterocycles. The van der Waals surface area contributed by atoms with Crippen LogP contribution in [0, 0.1) is 0 Å². The Kier molecular flexibility index (Phi) is 3.41. The van der Waals surface area contributed by atoms with Crippen LogP contribution in [0.1, 0.15) is 0 Å². The molecule has 1 aromatic rings. The van der Waals surface area contributed by atoms with Gasteiger partial charge in [0.2, 0.25) is 16.6 Å². The third kappa shape index (κ3) is 3.45. The molecule has 1 rings (SSSR count). The van der Waals surface area contributed by atoms with E-state index in [1.54, 1.807) is 18.2 Å². The van der Waals surface area contributed by atoms with Gasteiger partial charge in [-0.2, -0.15) is 0 Å². The molecule has 0 fully saturated rings. The average Bonchev–Trinajstić information content (AvgIpc) is 2.01. The van der Waals surface area contributed by atoms with Crippen LogP contribution in [-0.4, -0.2) is 13.3 Å². The maximum atomic E-state index is 11.5. The van der Waals surface area contributed by atoms with Crippen LogP contribution < -0.4 is 10.00 Å². The Hall–Kier alpha value is -0.300. The number of hydrogen-bond donors (Lipinski definition) is 3. The molecule has 0 saturated heterocycles. The van der Waals surface area contributed by atoms with Crippen LogP contribution in [0.4, 0.5) is 0 Å². The standard InChI is InChI=1S/C6H9N2O3PS2/c7-12(9,13)8-14(10,11)6-4-2-1-3-5-6/h1-5H,(H4,7,8,9,13). The molecule has 14 heavy (non-hydrogen) atoms. The van der Waals surface area contributed by atoms with Crippen LogP contribution in [0.3, 0.4) is 0 Å². The number of sulfonamides is 1. The van der Waals surface area contributed by atoms with Crippen molar-refractivity contribution < 1.29 is 13.3 Å². The van der Waals surface area contributed by atoms with Crippen molar-refractivity contribution in [2.75, 3.05) is 0 Å².